The smallest absolute Gasteiger partial charge is 0.408 e. The zero-order valence-corrected chi connectivity index (χ0v) is 18.4. The van der Waals surface area contributed by atoms with Crippen LogP contribution in [0.1, 0.15) is 45.1 Å². The average Bonchev–Trinajstić information content (AvgIpc) is 2.68. The summed E-state index contributed by atoms with van der Waals surface area (Å²) in [5.74, 6) is -1.67. The fourth-order valence-corrected chi connectivity index (χ4v) is 3.32. The molecule has 3 rings (SSSR count). The van der Waals surface area contributed by atoms with Gasteiger partial charge in [-0.3, -0.25) is 9.36 Å². The highest BCUT2D eigenvalue weighted by Gasteiger charge is 2.25. The number of carbonyl (C=O) groups excluding carboxylic acids is 1. The molecule has 0 saturated carbocycles. The summed E-state index contributed by atoms with van der Waals surface area (Å²) in [5.41, 5.74) is -1.96. The van der Waals surface area contributed by atoms with E-state index in [2.05, 4.69) is 10.3 Å². The van der Waals surface area contributed by atoms with Gasteiger partial charge in [-0.25, -0.2) is 18.6 Å². The minimum Gasteiger partial charge on any atom is -0.444 e. The van der Waals surface area contributed by atoms with E-state index in [1.54, 1.807) is 20.8 Å². The van der Waals surface area contributed by atoms with E-state index in [0.717, 1.165) is 22.8 Å². The highest BCUT2D eigenvalue weighted by molar-refractivity contribution is 6.35. The summed E-state index contributed by atoms with van der Waals surface area (Å²) < 4.78 is 34.9. The molecule has 0 radical (unpaired) electrons. The van der Waals surface area contributed by atoms with Crippen molar-refractivity contribution in [3.8, 4) is 11.8 Å². The molecule has 1 aromatic heterocycles. The van der Waals surface area contributed by atoms with Gasteiger partial charge < -0.3 is 10.1 Å². The maximum Gasteiger partial charge on any atom is 0.408 e. The second kappa shape index (κ2) is 8.55. The number of nitrogens with one attached hydrogen (secondary N) is 1. The van der Waals surface area contributed by atoms with Crippen LogP contribution >= 0.6 is 11.6 Å². The van der Waals surface area contributed by atoms with Crippen LogP contribution in [0.5, 0.6) is 0 Å². The summed E-state index contributed by atoms with van der Waals surface area (Å²) in [7, 11) is 0. The third kappa shape index (κ3) is 4.70. The van der Waals surface area contributed by atoms with Crippen molar-refractivity contribution in [1.82, 2.24) is 14.9 Å². The molecular weight excluding hydrogens is 442 g/mol. The van der Waals surface area contributed by atoms with Gasteiger partial charge in [0.25, 0.3) is 5.56 Å². The van der Waals surface area contributed by atoms with E-state index >= 15 is 0 Å². The zero-order valence-electron chi connectivity index (χ0n) is 17.7. The van der Waals surface area contributed by atoms with Crippen molar-refractivity contribution < 1.29 is 18.3 Å². The third-order valence-electron chi connectivity index (χ3n) is 4.34. The quantitative estimate of drug-likeness (QED) is 0.607. The topological polar surface area (TPSA) is 97.0 Å². The van der Waals surface area contributed by atoms with E-state index in [1.807, 2.05) is 6.07 Å². The molecule has 1 heterocycles. The lowest BCUT2D eigenvalue weighted by Gasteiger charge is -2.23. The molecular formula is C22H19ClF2N4O3. The molecule has 0 aliphatic carbocycles. The molecule has 1 N–H and O–H groups in total. The van der Waals surface area contributed by atoms with Crippen molar-refractivity contribution in [2.24, 2.45) is 0 Å². The number of nitriles is 1. The minimum atomic E-state index is -0.964. The zero-order chi connectivity index (χ0) is 23.8. The second-order valence-electron chi connectivity index (χ2n) is 8.04. The number of amides is 1. The van der Waals surface area contributed by atoms with Crippen LogP contribution in [0.3, 0.4) is 0 Å². The lowest BCUT2D eigenvalue weighted by atomic mass is 10.1. The molecule has 0 saturated heterocycles. The van der Waals surface area contributed by atoms with Crippen molar-refractivity contribution in [3.05, 3.63) is 68.7 Å². The van der Waals surface area contributed by atoms with Gasteiger partial charge in [-0.15, -0.1) is 0 Å². The number of aromatic nitrogens is 2. The van der Waals surface area contributed by atoms with Crippen LogP contribution in [0.25, 0.3) is 16.6 Å². The third-order valence-corrected chi connectivity index (χ3v) is 4.66. The first-order valence-corrected chi connectivity index (χ1v) is 9.90. The van der Waals surface area contributed by atoms with Crippen molar-refractivity contribution in [2.75, 3.05) is 0 Å². The Balaban J connectivity index is 2.29. The average molecular weight is 461 g/mol. The van der Waals surface area contributed by atoms with Gasteiger partial charge in [0.05, 0.1) is 33.8 Å². The predicted octanol–water partition coefficient (Wildman–Crippen LogP) is 4.77. The molecule has 10 heteroatoms. The first kappa shape index (κ1) is 23.2. The number of hydrogen-bond acceptors (Lipinski definition) is 5. The molecule has 0 bridgehead atoms. The Kier molecular flexibility index (Phi) is 6.19. The van der Waals surface area contributed by atoms with E-state index < -0.39 is 34.9 Å². The summed E-state index contributed by atoms with van der Waals surface area (Å²) in [6.45, 7) is 6.53. The highest BCUT2D eigenvalue weighted by atomic mass is 35.5. The van der Waals surface area contributed by atoms with Gasteiger partial charge in [-0.1, -0.05) is 11.6 Å². The number of ether oxygens (including phenoxy) is 1. The fraction of sp³-hybridized carbons (Fsp3) is 0.273. The Morgan fingerprint density at radius 3 is 2.59 bits per heavy atom. The Morgan fingerprint density at radius 2 is 1.97 bits per heavy atom. The van der Waals surface area contributed by atoms with Crippen molar-refractivity contribution in [1.29, 1.82) is 5.26 Å². The fourth-order valence-electron chi connectivity index (χ4n) is 3.09. The van der Waals surface area contributed by atoms with Crippen LogP contribution in [-0.4, -0.2) is 21.2 Å². The highest BCUT2D eigenvalue weighted by Crippen LogP contribution is 2.25. The van der Waals surface area contributed by atoms with Crippen LogP contribution in [0, 0.1) is 23.0 Å². The van der Waals surface area contributed by atoms with Crippen LogP contribution in [0.4, 0.5) is 13.6 Å². The van der Waals surface area contributed by atoms with E-state index in [9.17, 15) is 23.6 Å². The SMILES string of the molecule is CC(NC(=O)OC(C)(C)C)c1nc2c(F)ccc(Cl)c2c(=O)n1-c1cc(F)cc(C#N)c1. The maximum absolute atomic E-state index is 14.5. The predicted molar refractivity (Wildman–Crippen MR) is 115 cm³/mol. The number of carbonyl (C=O) groups is 1. The Bertz CT molecular complexity index is 1330. The van der Waals surface area contributed by atoms with Crippen molar-refractivity contribution >= 4 is 28.6 Å². The standard InChI is InChI=1S/C22H19ClF2N4O3/c1-11(27-21(31)32-22(2,3)4)19-28-18-16(25)6-5-15(23)17(18)20(30)29(19)14-8-12(10-26)7-13(24)9-14/h5-9,11H,1-4H3,(H,27,31). The summed E-state index contributed by atoms with van der Waals surface area (Å²) in [5, 5.41) is 11.5. The normalized spacial score (nSPS) is 12.3. The van der Waals surface area contributed by atoms with Crippen LogP contribution < -0.4 is 10.9 Å². The number of fused-ring (bicyclic) bond motifs is 1. The van der Waals surface area contributed by atoms with Gasteiger partial charge in [-0.2, -0.15) is 5.26 Å². The maximum atomic E-state index is 14.5. The Labute approximate surface area is 187 Å². The van der Waals surface area contributed by atoms with Gasteiger partial charge in [0.2, 0.25) is 0 Å². The lowest BCUT2D eigenvalue weighted by molar-refractivity contribution is 0.0505. The number of halogens is 3. The number of hydrogen-bond donors (Lipinski definition) is 1. The van der Waals surface area contributed by atoms with E-state index in [4.69, 9.17) is 16.3 Å². The molecule has 0 fully saturated rings. The molecule has 166 valence electrons. The minimum absolute atomic E-state index is 0.0332. The van der Waals surface area contributed by atoms with E-state index in [1.165, 1.54) is 19.1 Å². The molecule has 0 aliphatic rings. The van der Waals surface area contributed by atoms with E-state index in [-0.39, 0.29) is 33.0 Å². The second-order valence-corrected chi connectivity index (χ2v) is 8.45. The molecule has 1 atom stereocenters. The summed E-state index contributed by atoms with van der Waals surface area (Å²) in [6.07, 6.45) is -0.797. The molecule has 0 spiro atoms. The Morgan fingerprint density at radius 1 is 1.28 bits per heavy atom. The van der Waals surface area contributed by atoms with Crippen LogP contribution in [0.15, 0.2) is 35.1 Å². The van der Waals surface area contributed by atoms with Crippen molar-refractivity contribution in [3.63, 3.8) is 0 Å². The van der Waals surface area contributed by atoms with Gasteiger partial charge in [0, 0.05) is 0 Å². The Hall–Kier alpha value is -3.51. The monoisotopic (exact) mass is 460 g/mol. The van der Waals surface area contributed by atoms with Crippen LogP contribution in [0.2, 0.25) is 5.02 Å². The van der Waals surface area contributed by atoms with E-state index in [0.29, 0.717) is 0 Å². The van der Waals surface area contributed by atoms with Gasteiger partial charge in [-0.05, 0) is 58.0 Å². The van der Waals surface area contributed by atoms with Gasteiger partial charge in [0.1, 0.15) is 28.6 Å². The number of benzene rings is 2. The molecule has 7 nitrogen and oxygen atoms in total. The summed E-state index contributed by atoms with van der Waals surface area (Å²) in [4.78, 5) is 29.9. The van der Waals surface area contributed by atoms with Crippen LogP contribution in [-0.2, 0) is 4.74 Å². The molecule has 2 aromatic carbocycles. The lowest BCUT2D eigenvalue weighted by Crippen LogP contribution is -2.37. The molecule has 3 aromatic rings. The first-order chi connectivity index (χ1) is 14.9. The number of alkyl carbamates (subject to hydrolysis) is 1. The number of nitrogens with zero attached hydrogens (tertiary/aromatic N) is 3. The first-order valence-electron chi connectivity index (χ1n) is 9.52. The summed E-state index contributed by atoms with van der Waals surface area (Å²) in [6, 6.07) is 6.41. The molecule has 0 aliphatic heterocycles. The number of rotatable bonds is 3. The largest absolute Gasteiger partial charge is 0.444 e. The summed E-state index contributed by atoms with van der Waals surface area (Å²) >= 11 is 6.14. The molecule has 1 amide bonds. The van der Waals surface area contributed by atoms with Crippen molar-refractivity contribution in [2.45, 2.75) is 39.3 Å². The molecule has 32 heavy (non-hydrogen) atoms. The van der Waals surface area contributed by atoms with Gasteiger partial charge in [0.15, 0.2) is 0 Å². The van der Waals surface area contributed by atoms with Gasteiger partial charge >= 0.3 is 6.09 Å². The molecule has 1 unspecified atom stereocenters.